The molecule has 3 aromatic rings. The van der Waals surface area contributed by atoms with E-state index in [4.69, 9.17) is 0 Å². The van der Waals surface area contributed by atoms with Crippen LogP contribution >= 0.6 is 0 Å². The van der Waals surface area contributed by atoms with Crippen molar-refractivity contribution in [2.75, 3.05) is 11.9 Å². The normalized spacial score (nSPS) is 12.6. The van der Waals surface area contributed by atoms with E-state index in [9.17, 15) is 0 Å². The quantitative estimate of drug-likeness (QED) is 0.729. The molecule has 0 bridgehead atoms. The smallest absolute Gasteiger partial charge is 0.149 e. The van der Waals surface area contributed by atoms with Crippen LogP contribution in [0.15, 0.2) is 48.7 Å². The van der Waals surface area contributed by atoms with Crippen LogP contribution in [0.5, 0.6) is 0 Å². The SMILES string of the molecule is Cc1ncc2ccc(N(C)[C@H](C)c3ccccc3)nn12. The molecule has 0 radical (unpaired) electrons. The number of aromatic nitrogens is 3. The van der Waals surface area contributed by atoms with Gasteiger partial charge in [-0.3, -0.25) is 0 Å². The third-order valence-electron chi connectivity index (χ3n) is 3.76. The number of anilines is 1. The van der Waals surface area contributed by atoms with Crippen LogP contribution in [0.1, 0.15) is 24.4 Å². The fraction of sp³-hybridized carbons (Fsp3) is 0.250. The van der Waals surface area contributed by atoms with Crippen molar-refractivity contribution in [2.24, 2.45) is 0 Å². The third-order valence-corrected chi connectivity index (χ3v) is 3.76. The highest BCUT2D eigenvalue weighted by molar-refractivity contribution is 5.50. The van der Waals surface area contributed by atoms with Gasteiger partial charge in [-0.2, -0.15) is 0 Å². The molecule has 0 N–H and O–H groups in total. The summed E-state index contributed by atoms with van der Waals surface area (Å²) in [6.07, 6.45) is 1.84. The van der Waals surface area contributed by atoms with Crippen LogP contribution in [0.3, 0.4) is 0 Å². The Morgan fingerprint density at radius 3 is 2.60 bits per heavy atom. The molecule has 4 nitrogen and oxygen atoms in total. The minimum absolute atomic E-state index is 0.268. The Labute approximate surface area is 118 Å². The first kappa shape index (κ1) is 12.7. The van der Waals surface area contributed by atoms with Crippen LogP contribution in [-0.4, -0.2) is 21.6 Å². The van der Waals surface area contributed by atoms with Gasteiger partial charge in [-0.1, -0.05) is 30.3 Å². The molecule has 0 unspecified atom stereocenters. The van der Waals surface area contributed by atoms with Crippen molar-refractivity contribution in [3.8, 4) is 0 Å². The standard InChI is InChI=1S/C16H18N4/c1-12(14-7-5-4-6-8-14)19(3)16-10-9-15-11-17-13(2)20(15)18-16/h4-12H,1-3H3/t12-/m1/s1. The second-order valence-electron chi connectivity index (χ2n) is 5.03. The van der Waals surface area contributed by atoms with E-state index in [0.29, 0.717) is 0 Å². The van der Waals surface area contributed by atoms with Gasteiger partial charge in [-0.15, -0.1) is 5.10 Å². The summed E-state index contributed by atoms with van der Waals surface area (Å²) in [5.41, 5.74) is 2.30. The first-order valence-electron chi connectivity index (χ1n) is 6.76. The lowest BCUT2D eigenvalue weighted by atomic mass is 10.1. The molecule has 2 heterocycles. The van der Waals surface area contributed by atoms with Gasteiger partial charge >= 0.3 is 0 Å². The zero-order chi connectivity index (χ0) is 14.1. The zero-order valence-electron chi connectivity index (χ0n) is 12.0. The number of imidazole rings is 1. The number of rotatable bonds is 3. The molecular formula is C16H18N4. The predicted octanol–water partition coefficient (Wildman–Crippen LogP) is 3.24. The molecule has 0 aliphatic carbocycles. The molecule has 0 spiro atoms. The molecule has 0 aliphatic rings. The molecule has 0 fully saturated rings. The van der Waals surface area contributed by atoms with Gasteiger partial charge < -0.3 is 4.90 Å². The largest absolute Gasteiger partial charge is 0.351 e. The monoisotopic (exact) mass is 266 g/mol. The number of hydrogen-bond acceptors (Lipinski definition) is 3. The van der Waals surface area contributed by atoms with E-state index in [2.05, 4.69) is 59.3 Å². The summed E-state index contributed by atoms with van der Waals surface area (Å²) in [7, 11) is 2.07. The summed E-state index contributed by atoms with van der Waals surface area (Å²) >= 11 is 0. The number of hydrogen-bond donors (Lipinski definition) is 0. The molecule has 1 atom stereocenters. The lowest BCUT2D eigenvalue weighted by molar-refractivity contribution is 0.712. The predicted molar refractivity (Wildman–Crippen MR) is 81.0 cm³/mol. The number of nitrogens with zero attached hydrogens (tertiary/aromatic N) is 4. The van der Waals surface area contributed by atoms with E-state index < -0.39 is 0 Å². The van der Waals surface area contributed by atoms with Crippen molar-refractivity contribution < 1.29 is 0 Å². The van der Waals surface area contributed by atoms with Gasteiger partial charge in [0.2, 0.25) is 0 Å². The Hall–Kier alpha value is -2.36. The summed E-state index contributed by atoms with van der Waals surface area (Å²) in [5.74, 6) is 1.84. The molecule has 0 aliphatic heterocycles. The number of fused-ring (bicyclic) bond motifs is 1. The molecular weight excluding hydrogens is 248 g/mol. The van der Waals surface area contributed by atoms with Gasteiger partial charge in [-0.05, 0) is 31.5 Å². The zero-order valence-corrected chi connectivity index (χ0v) is 12.0. The van der Waals surface area contributed by atoms with Crippen molar-refractivity contribution in [3.63, 3.8) is 0 Å². The Bertz CT molecular complexity index is 718. The third kappa shape index (κ3) is 2.13. The van der Waals surface area contributed by atoms with Crippen LogP contribution in [0.25, 0.3) is 5.52 Å². The number of aryl methyl sites for hydroxylation is 1. The molecule has 0 amide bonds. The van der Waals surface area contributed by atoms with E-state index in [1.165, 1.54) is 5.56 Å². The van der Waals surface area contributed by atoms with E-state index >= 15 is 0 Å². The topological polar surface area (TPSA) is 33.4 Å². The lowest BCUT2D eigenvalue weighted by Gasteiger charge is -2.26. The average Bonchev–Trinajstić information content (AvgIpc) is 2.87. The highest BCUT2D eigenvalue weighted by Crippen LogP contribution is 2.23. The molecule has 1 aromatic carbocycles. The van der Waals surface area contributed by atoms with E-state index in [1.54, 1.807) is 0 Å². The highest BCUT2D eigenvalue weighted by Gasteiger charge is 2.14. The first-order valence-corrected chi connectivity index (χ1v) is 6.76. The molecule has 3 rings (SSSR count). The van der Waals surface area contributed by atoms with Crippen LogP contribution in [0.4, 0.5) is 5.82 Å². The average molecular weight is 266 g/mol. The molecule has 20 heavy (non-hydrogen) atoms. The van der Waals surface area contributed by atoms with Gasteiger partial charge in [0, 0.05) is 7.05 Å². The minimum atomic E-state index is 0.268. The summed E-state index contributed by atoms with van der Waals surface area (Å²) < 4.78 is 1.88. The number of benzene rings is 1. The van der Waals surface area contributed by atoms with Crippen molar-refractivity contribution in [3.05, 3.63) is 60.0 Å². The maximum absolute atomic E-state index is 4.66. The van der Waals surface area contributed by atoms with Crippen LogP contribution < -0.4 is 4.90 Å². The lowest BCUT2D eigenvalue weighted by Crippen LogP contribution is -2.23. The fourth-order valence-corrected chi connectivity index (χ4v) is 2.34. The van der Waals surface area contributed by atoms with Gasteiger partial charge in [0.25, 0.3) is 0 Å². The van der Waals surface area contributed by atoms with E-state index in [0.717, 1.165) is 17.2 Å². The van der Waals surface area contributed by atoms with Gasteiger partial charge in [-0.25, -0.2) is 9.50 Å². The summed E-state index contributed by atoms with van der Waals surface area (Å²) in [4.78, 5) is 6.46. The fourth-order valence-electron chi connectivity index (χ4n) is 2.34. The van der Waals surface area contributed by atoms with Crippen LogP contribution in [0.2, 0.25) is 0 Å². The van der Waals surface area contributed by atoms with Crippen LogP contribution in [0, 0.1) is 6.92 Å². The Morgan fingerprint density at radius 1 is 1.10 bits per heavy atom. The van der Waals surface area contributed by atoms with Gasteiger partial charge in [0.15, 0.2) is 0 Å². The Kier molecular flexibility index (Phi) is 3.14. The summed E-state index contributed by atoms with van der Waals surface area (Å²) in [6, 6.07) is 14.8. The van der Waals surface area contributed by atoms with Crippen LogP contribution in [-0.2, 0) is 0 Å². The summed E-state index contributed by atoms with van der Waals surface area (Å²) in [5, 5.41) is 4.66. The summed E-state index contributed by atoms with van der Waals surface area (Å²) in [6.45, 7) is 4.15. The van der Waals surface area contributed by atoms with Crippen molar-refractivity contribution in [1.82, 2.24) is 14.6 Å². The second kappa shape index (κ2) is 4.96. The Morgan fingerprint density at radius 2 is 1.85 bits per heavy atom. The molecule has 0 saturated carbocycles. The van der Waals surface area contributed by atoms with Crippen molar-refractivity contribution in [1.29, 1.82) is 0 Å². The van der Waals surface area contributed by atoms with Gasteiger partial charge in [0.1, 0.15) is 11.6 Å². The van der Waals surface area contributed by atoms with Gasteiger partial charge in [0.05, 0.1) is 17.8 Å². The minimum Gasteiger partial charge on any atom is -0.351 e. The van der Waals surface area contributed by atoms with Crippen molar-refractivity contribution >= 4 is 11.3 Å². The molecule has 4 heteroatoms. The Balaban J connectivity index is 1.95. The van der Waals surface area contributed by atoms with E-state index in [1.807, 2.05) is 29.8 Å². The molecule has 0 saturated heterocycles. The molecule has 102 valence electrons. The second-order valence-corrected chi connectivity index (χ2v) is 5.03. The first-order chi connectivity index (χ1) is 9.66. The highest BCUT2D eigenvalue weighted by atomic mass is 15.3. The van der Waals surface area contributed by atoms with Crippen molar-refractivity contribution in [2.45, 2.75) is 19.9 Å². The maximum Gasteiger partial charge on any atom is 0.149 e. The maximum atomic E-state index is 4.66. The van der Waals surface area contributed by atoms with E-state index in [-0.39, 0.29) is 6.04 Å². The molecule has 2 aromatic heterocycles.